The van der Waals surface area contributed by atoms with Crippen molar-refractivity contribution < 1.29 is 4.39 Å². The summed E-state index contributed by atoms with van der Waals surface area (Å²) in [6.07, 6.45) is 7.01. The first-order valence-corrected chi connectivity index (χ1v) is 8.25. The highest BCUT2D eigenvalue weighted by Gasteiger charge is 2.09. The molecule has 0 bridgehead atoms. The van der Waals surface area contributed by atoms with Crippen LogP contribution in [0.5, 0.6) is 0 Å². The number of nitrogens with zero attached hydrogens (tertiary/aromatic N) is 3. The zero-order chi connectivity index (χ0) is 18.1. The van der Waals surface area contributed by atoms with Gasteiger partial charge in [0.15, 0.2) is 0 Å². The molecule has 0 atom stereocenters. The Labute approximate surface area is 149 Å². The summed E-state index contributed by atoms with van der Waals surface area (Å²) < 4.78 is 16.9. The molecule has 0 aliphatic carbocycles. The van der Waals surface area contributed by atoms with Gasteiger partial charge in [-0.05, 0) is 41.8 Å². The minimum absolute atomic E-state index is 0.162. The van der Waals surface area contributed by atoms with Crippen LogP contribution >= 0.6 is 0 Å². The van der Waals surface area contributed by atoms with Gasteiger partial charge in [0.05, 0.1) is 18.4 Å². The molecule has 0 aliphatic rings. The molecule has 1 N–H and O–H groups in total. The number of H-pyrrole nitrogens is 1. The Bertz CT molecular complexity index is 1090. The SMILES string of the molecule is Cc1c(F)cccc1Cn1ccn(-c2ccc(-c3cn[nH]c3)cc2)c1=O. The Hall–Kier alpha value is -3.41. The number of nitrogens with one attached hydrogen (secondary N) is 1. The predicted molar refractivity (Wildman–Crippen MR) is 97.8 cm³/mol. The van der Waals surface area contributed by atoms with Crippen molar-refractivity contribution >= 4 is 0 Å². The van der Waals surface area contributed by atoms with Crippen LogP contribution in [0.3, 0.4) is 0 Å². The highest BCUT2D eigenvalue weighted by atomic mass is 19.1. The Morgan fingerprint density at radius 3 is 2.62 bits per heavy atom. The van der Waals surface area contributed by atoms with Gasteiger partial charge in [-0.15, -0.1) is 0 Å². The third kappa shape index (κ3) is 2.86. The molecule has 0 radical (unpaired) electrons. The van der Waals surface area contributed by atoms with Crippen LogP contribution < -0.4 is 5.69 Å². The third-order valence-corrected chi connectivity index (χ3v) is 4.55. The normalized spacial score (nSPS) is 11.0. The number of rotatable bonds is 4. The van der Waals surface area contributed by atoms with Gasteiger partial charge in [-0.2, -0.15) is 5.10 Å². The average Bonchev–Trinajstić information content (AvgIpc) is 3.30. The number of hydrogen-bond donors (Lipinski definition) is 1. The van der Waals surface area contributed by atoms with Crippen molar-refractivity contribution in [2.24, 2.45) is 0 Å². The van der Waals surface area contributed by atoms with E-state index in [1.165, 1.54) is 6.07 Å². The molecule has 5 nitrogen and oxygen atoms in total. The molecule has 130 valence electrons. The number of aromatic nitrogens is 4. The van der Waals surface area contributed by atoms with Crippen LogP contribution in [-0.4, -0.2) is 19.3 Å². The average molecular weight is 348 g/mol. The first kappa shape index (κ1) is 16.1. The lowest BCUT2D eigenvalue weighted by molar-refractivity contribution is 0.611. The zero-order valence-corrected chi connectivity index (χ0v) is 14.2. The van der Waals surface area contributed by atoms with Gasteiger partial charge in [-0.1, -0.05) is 24.3 Å². The van der Waals surface area contributed by atoms with Gasteiger partial charge in [0.1, 0.15) is 5.82 Å². The summed E-state index contributed by atoms with van der Waals surface area (Å²) >= 11 is 0. The molecule has 0 saturated heterocycles. The molecule has 26 heavy (non-hydrogen) atoms. The van der Waals surface area contributed by atoms with E-state index in [9.17, 15) is 9.18 Å². The molecular weight excluding hydrogens is 331 g/mol. The van der Waals surface area contributed by atoms with Crippen LogP contribution in [0.1, 0.15) is 11.1 Å². The number of benzene rings is 2. The van der Waals surface area contributed by atoms with Crippen LogP contribution in [0.4, 0.5) is 4.39 Å². The van der Waals surface area contributed by atoms with Crippen LogP contribution in [0, 0.1) is 12.7 Å². The lowest BCUT2D eigenvalue weighted by Gasteiger charge is -2.07. The van der Waals surface area contributed by atoms with Crippen molar-refractivity contribution in [2.75, 3.05) is 0 Å². The molecule has 4 aromatic rings. The molecule has 2 aromatic heterocycles. The minimum atomic E-state index is -0.259. The standard InChI is InChI=1S/C20H17FN4O/c1-14-16(3-2-4-19(14)21)13-24-9-10-25(20(24)26)18-7-5-15(6-8-18)17-11-22-23-12-17/h2-12H,13H2,1H3,(H,22,23). The summed E-state index contributed by atoms with van der Waals surface area (Å²) in [5, 5.41) is 6.72. The molecule has 0 aliphatic heterocycles. The number of halogens is 1. The lowest BCUT2D eigenvalue weighted by Crippen LogP contribution is -2.23. The van der Waals surface area contributed by atoms with E-state index in [2.05, 4.69) is 10.2 Å². The van der Waals surface area contributed by atoms with E-state index in [-0.39, 0.29) is 11.5 Å². The molecule has 0 amide bonds. The van der Waals surface area contributed by atoms with Crippen molar-refractivity contribution in [1.29, 1.82) is 0 Å². The summed E-state index contributed by atoms with van der Waals surface area (Å²) in [6.45, 7) is 2.06. The third-order valence-electron chi connectivity index (χ3n) is 4.55. The number of hydrogen-bond acceptors (Lipinski definition) is 2. The monoisotopic (exact) mass is 348 g/mol. The summed E-state index contributed by atoms with van der Waals surface area (Å²) in [7, 11) is 0. The summed E-state index contributed by atoms with van der Waals surface area (Å²) in [5.41, 5.74) is 3.98. The van der Waals surface area contributed by atoms with E-state index < -0.39 is 0 Å². The van der Waals surface area contributed by atoms with Gasteiger partial charge < -0.3 is 0 Å². The second kappa shape index (κ2) is 6.48. The highest BCUT2D eigenvalue weighted by molar-refractivity contribution is 5.62. The van der Waals surface area contributed by atoms with Gasteiger partial charge in [0.25, 0.3) is 0 Å². The van der Waals surface area contributed by atoms with Crippen LogP contribution in [-0.2, 0) is 6.54 Å². The fraction of sp³-hybridized carbons (Fsp3) is 0.100. The summed E-state index contributed by atoms with van der Waals surface area (Å²) in [4.78, 5) is 12.7. The quantitative estimate of drug-likeness (QED) is 0.613. The summed E-state index contributed by atoms with van der Waals surface area (Å²) in [5.74, 6) is -0.259. The lowest BCUT2D eigenvalue weighted by atomic mass is 10.1. The van der Waals surface area contributed by atoms with Crippen LogP contribution in [0.2, 0.25) is 0 Å². The smallest absolute Gasteiger partial charge is 0.294 e. The van der Waals surface area contributed by atoms with Crippen molar-refractivity contribution in [1.82, 2.24) is 19.3 Å². The fourth-order valence-electron chi connectivity index (χ4n) is 2.96. The fourth-order valence-corrected chi connectivity index (χ4v) is 2.96. The second-order valence-electron chi connectivity index (χ2n) is 6.14. The van der Waals surface area contributed by atoms with Gasteiger partial charge in [-0.3, -0.25) is 14.2 Å². The Kier molecular flexibility index (Phi) is 4.01. The number of imidazole rings is 1. The minimum Gasteiger partial charge on any atom is -0.294 e. The predicted octanol–water partition coefficient (Wildman–Crippen LogP) is 3.52. The van der Waals surface area contributed by atoms with E-state index >= 15 is 0 Å². The van der Waals surface area contributed by atoms with E-state index in [1.807, 2.05) is 36.5 Å². The maximum absolute atomic E-state index is 13.7. The maximum atomic E-state index is 13.7. The molecule has 0 saturated carbocycles. The maximum Gasteiger partial charge on any atom is 0.333 e. The molecule has 6 heteroatoms. The van der Waals surface area contributed by atoms with Crippen molar-refractivity contribution in [3.8, 4) is 16.8 Å². The van der Waals surface area contributed by atoms with E-state index in [1.54, 1.807) is 40.7 Å². The van der Waals surface area contributed by atoms with Gasteiger partial charge in [0, 0.05) is 24.2 Å². The molecule has 0 spiro atoms. The van der Waals surface area contributed by atoms with E-state index in [0.29, 0.717) is 12.1 Å². The van der Waals surface area contributed by atoms with Gasteiger partial charge >= 0.3 is 5.69 Å². The first-order valence-electron chi connectivity index (χ1n) is 8.25. The van der Waals surface area contributed by atoms with Crippen LogP contribution in [0.15, 0.2) is 72.0 Å². The van der Waals surface area contributed by atoms with Gasteiger partial charge in [-0.25, -0.2) is 9.18 Å². The molecular formula is C20H17FN4O. The largest absolute Gasteiger partial charge is 0.333 e. The van der Waals surface area contributed by atoms with E-state index in [4.69, 9.17) is 0 Å². The topological polar surface area (TPSA) is 55.6 Å². The molecule has 2 heterocycles. The molecule has 2 aromatic carbocycles. The summed E-state index contributed by atoms with van der Waals surface area (Å²) in [6, 6.07) is 12.6. The first-order chi connectivity index (χ1) is 12.6. The highest BCUT2D eigenvalue weighted by Crippen LogP contribution is 2.19. The van der Waals surface area contributed by atoms with Gasteiger partial charge in [0.2, 0.25) is 0 Å². The zero-order valence-electron chi connectivity index (χ0n) is 14.2. The Morgan fingerprint density at radius 1 is 1.08 bits per heavy atom. The molecule has 0 fully saturated rings. The Balaban J connectivity index is 1.63. The van der Waals surface area contributed by atoms with E-state index in [0.717, 1.165) is 22.4 Å². The molecule has 4 rings (SSSR count). The van der Waals surface area contributed by atoms with Crippen molar-refractivity contribution in [3.63, 3.8) is 0 Å². The second-order valence-corrected chi connectivity index (χ2v) is 6.14. The van der Waals surface area contributed by atoms with Crippen molar-refractivity contribution in [2.45, 2.75) is 13.5 Å². The van der Waals surface area contributed by atoms with Crippen molar-refractivity contribution in [3.05, 3.63) is 94.7 Å². The van der Waals surface area contributed by atoms with Crippen LogP contribution in [0.25, 0.3) is 16.8 Å². The Morgan fingerprint density at radius 2 is 1.88 bits per heavy atom. The number of aromatic amines is 1. The molecule has 0 unspecified atom stereocenters.